The third-order valence-electron chi connectivity index (χ3n) is 8.09. The number of rotatable bonds is 33. The van der Waals surface area contributed by atoms with Crippen molar-refractivity contribution in [2.75, 3.05) is 13.2 Å². The van der Waals surface area contributed by atoms with E-state index >= 15 is 0 Å². The summed E-state index contributed by atoms with van der Waals surface area (Å²) in [5, 5.41) is 9.97. The van der Waals surface area contributed by atoms with Gasteiger partial charge in [-0.1, -0.05) is 174 Å². The molecule has 0 aromatic heterocycles. The molecule has 0 bridgehead atoms. The average Bonchev–Trinajstić information content (AvgIpc) is 2.97. The third-order valence-corrected chi connectivity index (χ3v) is 8.09. The van der Waals surface area contributed by atoms with Gasteiger partial charge in [0.1, 0.15) is 19.3 Å². The maximum atomic E-state index is 11.9. The zero-order valence-corrected chi connectivity index (χ0v) is 27.6. The molecule has 0 radical (unpaired) electrons. The lowest BCUT2D eigenvalue weighted by Crippen LogP contribution is -2.25. The summed E-state index contributed by atoms with van der Waals surface area (Å²) < 4.78 is 10.3. The zero-order chi connectivity index (χ0) is 30.1. The minimum Gasteiger partial charge on any atom is -0.463 e. The molecule has 0 aromatic rings. The van der Waals surface area contributed by atoms with Gasteiger partial charge in [0.2, 0.25) is 0 Å². The second-order valence-corrected chi connectivity index (χ2v) is 12.4. The highest BCUT2D eigenvalue weighted by atomic mass is 16.6. The molecule has 0 unspecified atom stereocenters. The summed E-state index contributed by atoms with van der Waals surface area (Å²) in [4.78, 5) is 23.8. The van der Waals surface area contributed by atoms with Crippen LogP contribution in [-0.4, -0.2) is 36.4 Å². The quantitative estimate of drug-likeness (QED) is 0.0615. The van der Waals surface area contributed by atoms with Crippen LogP contribution in [-0.2, 0) is 19.1 Å². The van der Waals surface area contributed by atoms with Crippen LogP contribution in [0.5, 0.6) is 0 Å². The fourth-order valence-electron chi connectivity index (χ4n) is 5.32. The van der Waals surface area contributed by atoms with Crippen molar-refractivity contribution in [1.82, 2.24) is 0 Å². The van der Waals surface area contributed by atoms with Crippen LogP contribution in [0.2, 0.25) is 0 Å². The number of hydrogen-bond donors (Lipinski definition) is 1. The highest BCUT2D eigenvalue weighted by Gasteiger charge is 2.12. The fraction of sp³-hybridized carbons (Fsp3) is 0.944. The zero-order valence-electron chi connectivity index (χ0n) is 27.6. The van der Waals surface area contributed by atoms with E-state index in [0.29, 0.717) is 12.8 Å². The molecule has 0 aliphatic rings. The molecule has 0 rings (SSSR count). The Balaban J connectivity index is 3.39. The van der Waals surface area contributed by atoms with E-state index < -0.39 is 6.10 Å². The number of aliphatic hydroxyl groups excluding tert-OH is 1. The standard InChI is InChI=1S/C36H70O5/c1-3-5-7-9-11-13-15-17-19-21-23-25-27-29-31-36(39)41-33-34(37)32-40-35(38)30-28-26-24-22-20-18-16-14-12-10-8-6-4-2/h34,37H,3-33H2,1-2H3/t34-/m1/s1. The molecule has 0 saturated carbocycles. The summed E-state index contributed by atoms with van der Waals surface area (Å²) in [6.45, 7) is 4.31. The lowest BCUT2D eigenvalue weighted by molar-refractivity contribution is -0.152. The molecular formula is C36H70O5. The van der Waals surface area contributed by atoms with Gasteiger partial charge in [0.25, 0.3) is 0 Å². The Kier molecular flexibility index (Phi) is 32.5. The van der Waals surface area contributed by atoms with Gasteiger partial charge in [-0.25, -0.2) is 0 Å². The molecular weight excluding hydrogens is 512 g/mol. The van der Waals surface area contributed by atoms with E-state index in [9.17, 15) is 14.7 Å². The van der Waals surface area contributed by atoms with E-state index in [1.165, 1.54) is 148 Å². The van der Waals surface area contributed by atoms with Crippen molar-refractivity contribution in [3.05, 3.63) is 0 Å². The van der Waals surface area contributed by atoms with Gasteiger partial charge in [0.15, 0.2) is 0 Å². The van der Waals surface area contributed by atoms with Gasteiger partial charge in [-0.05, 0) is 12.8 Å². The van der Waals surface area contributed by atoms with Crippen molar-refractivity contribution in [3.8, 4) is 0 Å². The molecule has 5 nitrogen and oxygen atoms in total. The van der Waals surface area contributed by atoms with Crippen LogP contribution in [0.1, 0.15) is 200 Å². The third kappa shape index (κ3) is 33.3. The van der Waals surface area contributed by atoms with Crippen molar-refractivity contribution in [1.29, 1.82) is 0 Å². The van der Waals surface area contributed by atoms with Crippen LogP contribution in [0.4, 0.5) is 0 Å². The second-order valence-electron chi connectivity index (χ2n) is 12.4. The minimum atomic E-state index is -0.953. The fourth-order valence-corrected chi connectivity index (χ4v) is 5.32. The Morgan fingerprint density at radius 2 is 0.634 bits per heavy atom. The number of hydrogen-bond acceptors (Lipinski definition) is 5. The van der Waals surface area contributed by atoms with Gasteiger partial charge in [0.05, 0.1) is 0 Å². The summed E-state index contributed by atoms with van der Waals surface area (Å²) >= 11 is 0. The lowest BCUT2D eigenvalue weighted by Gasteiger charge is -2.12. The van der Waals surface area contributed by atoms with Gasteiger partial charge in [-0.2, -0.15) is 0 Å². The van der Waals surface area contributed by atoms with Gasteiger partial charge in [-0.3, -0.25) is 9.59 Å². The van der Waals surface area contributed by atoms with Crippen LogP contribution < -0.4 is 0 Å². The molecule has 0 aliphatic heterocycles. The van der Waals surface area contributed by atoms with Crippen molar-refractivity contribution in [2.24, 2.45) is 0 Å². The molecule has 0 heterocycles. The predicted molar refractivity (Wildman–Crippen MR) is 173 cm³/mol. The molecule has 0 aromatic carbocycles. The first-order chi connectivity index (χ1) is 20.1. The number of aliphatic hydroxyl groups is 1. The SMILES string of the molecule is CCCCCCCCCCCCCCCCC(=O)OC[C@H](O)COC(=O)CCCCCCCCCCCCCCC. The molecule has 1 N–H and O–H groups in total. The number of carbonyl (C=O) groups excluding carboxylic acids is 2. The summed E-state index contributed by atoms with van der Waals surface area (Å²) in [6, 6.07) is 0. The first kappa shape index (κ1) is 39.9. The molecule has 5 heteroatoms. The molecule has 0 fully saturated rings. The predicted octanol–water partition coefficient (Wildman–Crippen LogP) is 10.8. The largest absolute Gasteiger partial charge is 0.463 e. The van der Waals surface area contributed by atoms with Gasteiger partial charge < -0.3 is 14.6 Å². The number of ether oxygens (including phenoxy) is 2. The van der Waals surface area contributed by atoms with E-state index in [1.54, 1.807) is 0 Å². The Hall–Kier alpha value is -1.10. The van der Waals surface area contributed by atoms with E-state index in [-0.39, 0.29) is 25.2 Å². The van der Waals surface area contributed by atoms with E-state index in [0.717, 1.165) is 25.7 Å². The van der Waals surface area contributed by atoms with Crippen LogP contribution in [0.3, 0.4) is 0 Å². The minimum absolute atomic E-state index is 0.108. The number of unbranched alkanes of at least 4 members (excludes halogenated alkanes) is 25. The van der Waals surface area contributed by atoms with E-state index in [1.807, 2.05) is 0 Å². The first-order valence-electron chi connectivity index (χ1n) is 18.1. The van der Waals surface area contributed by atoms with Crippen LogP contribution in [0.25, 0.3) is 0 Å². The summed E-state index contributed by atoms with van der Waals surface area (Å²) in [5.74, 6) is -0.554. The van der Waals surface area contributed by atoms with Crippen molar-refractivity contribution >= 4 is 11.9 Å². The lowest BCUT2D eigenvalue weighted by atomic mass is 10.0. The normalized spacial score (nSPS) is 12.0. The highest BCUT2D eigenvalue weighted by molar-refractivity contribution is 5.69. The maximum Gasteiger partial charge on any atom is 0.305 e. The van der Waals surface area contributed by atoms with Crippen LogP contribution in [0, 0.1) is 0 Å². The molecule has 0 spiro atoms. The average molecular weight is 583 g/mol. The van der Waals surface area contributed by atoms with E-state index in [4.69, 9.17) is 9.47 Å². The van der Waals surface area contributed by atoms with Crippen LogP contribution in [0.15, 0.2) is 0 Å². The molecule has 0 aliphatic carbocycles. The molecule has 41 heavy (non-hydrogen) atoms. The van der Waals surface area contributed by atoms with Crippen molar-refractivity contribution in [2.45, 2.75) is 206 Å². The topological polar surface area (TPSA) is 72.8 Å². The molecule has 1 atom stereocenters. The first-order valence-corrected chi connectivity index (χ1v) is 18.1. The molecule has 0 amide bonds. The Labute approximate surface area is 255 Å². The van der Waals surface area contributed by atoms with Gasteiger partial charge in [-0.15, -0.1) is 0 Å². The summed E-state index contributed by atoms with van der Waals surface area (Å²) in [5.41, 5.74) is 0. The molecule has 244 valence electrons. The monoisotopic (exact) mass is 583 g/mol. The van der Waals surface area contributed by atoms with E-state index in [2.05, 4.69) is 13.8 Å². The van der Waals surface area contributed by atoms with Gasteiger partial charge in [0, 0.05) is 12.8 Å². The van der Waals surface area contributed by atoms with Gasteiger partial charge >= 0.3 is 11.9 Å². The summed E-state index contributed by atoms with van der Waals surface area (Å²) in [6.07, 6.45) is 34.3. The summed E-state index contributed by atoms with van der Waals surface area (Å²) in [7, 11) is 0. The highest BCUT2D eigenvalue weighted by Crippen LogP contribution is 2.15. The number of esters is 2. The Bertz CT molecular complexity index is 550. The van der Waals surface area contributed by atoms with Crippen molar-refractivity contribution in [3.63, 3.8) is 0 Å². The second kappa shape index (κ2) is 33.4. The Morgan fingerprint density at radius 1 is 0.415 bits per heavy atom. The molecule has 0 saturated heterocycles. The van der Waals surface area contributed by atoms with Crippen molar-refractivity contribution < 1.29 is 24.2 Å². The maximum absolute atomic E-state index is 11.9. The van der Waals surface area contributed by atoms with Crippen LogP contribution >= 0.6 is 0 Å². The number of carbonyl (C=O) groups is 2. The Morgan fingerprint density at radius 3 is 0.878 bits per heavy atom. The smallest absolute Gasteiger partial charge is 0.305 e.